The van der Waals surface area contributed by atoms with Gasteiger partial charge in [-0.25, -0.2) is 18.0 Å². The van der Waals surface area contributed by atoms with E-state index < -0.39 is 21.8 Å². The minimum Gasteiger partial charge on any atom is -0.478 e. The van der Waals surface area contributed by atoms with Gasteiger partial charge in [0.1, 0.15) is 0 Å². The Labute approximate surface area is 163 Å². The molecule has 1 aromatic rings. The van der Waals surface area contributed by atoms with Crippen molar-refractivity contribution in [3.05, 3.63) is 42.0 Å². The second-order valence-corrected chi connectivity index (χ2v) is 8.32. The molecule has 1 heterocycles. The third-order valence-electron chi connectivity index (χ3n) is 3.94. The van der Waals surface area contributed by atoms with Crippen LogP contribution < -0.4 is 0 Å². The Balaban J connectivity index is 0.000000416. The third kappa shape index (κ3) is 8.89. The molecular weight excluding hydrogens is 388 g/mol. The highest BCUT2D eigenvalue weighted by Crippen LogP contribution is 2.11. The maximum Gasteiger partial charge on any atom is 0.328 e. The molecule has 0 saturated carbocycles. The van der Waals surface area contributed by atoms with Crippen molar-refractivity contribution in [3.8, 4) is 0 Å². The van der Waals surface area contributed by atoms with E-state index in [9.17, 15) is 22.8 Å². The van der Waals surface area contributed by atoms with Crippen molar-refractivity contribution in [1.82, 2.24) is 9.80 Å². The van der Waals surface area contributed by atoms with E-state index in [4.69, 9.17) is 10.2 Å². The average molecular weight is 412 g/mol. The summed E-state index contributed by atoms with van der Waals surface area (Å²) in [4.78, 5) is 35.9. The normalized spacial score (nSPS) is 15.6. The maximum absolute atomic E-state index is 12.2. The van der Waals surface area contributed by atoms with Gasteiger partial charge in [0.05, 0.1) is 11.4 Å². The van der Waals surface area contributed by atoms with Crippen molar-refractivity contribution in [1.29, 1.82) is 0 Å². The number of hydrogen-bond donors (Lipinski definition) is 2. The Morgan fingerprint density at radius 1 is 0.964 bits per heavy atom. The summed E-state index contributed by atoms with van der Waals surface area (Å²) in [5, 5.41) is 15.6. The van der Waals surface area contributed by atoms with Crippen molar-refractivity contribution < 1.29 is 33.0 Å². The molecular formula is C18H24N2O7S. The van der Waals surface area contributed by atoms with E-state index in [1.165, 1.54) is 12.1 Å². The van der Waals surface area contributed by atoms with E-state index in [1.54, 1.807) is 12.1 Å². The summed E-state index contributed by atoms with van der Waals surface area (Å²) in [6.45, 7) is 4.12. The van der Waals surface area contributed by atoms with Crippen LogP contribution in [-0.2, 0) is 19.4 Å². The highest BCUT2D eigenvalue weighted by Gasteiger charge is 2.17. The van der Waals surface area contributed by atoms with Crippen LogP contribution in [0.5, 0.6) is 0 Å². The highest BCUT2D eigenvalue weighted by molar-refractivity contribution is 7.90. The topological polar surface area (TPSA) is 132 Å². The minimum atomic E-state index is -3.21. The number of piperazine rings is 1. The van der Waals surface area contributed by atoms with Gasteiger partial charge in [0, 0.05) is 50.2 Å². The minimum absolute atomic E-state index is 0.0367. The highest BCUT2D eigenvalue weighted by atomic mass is 32.2. The first-order valence-electron chi connectivity index (χ1n) is 8.37. The van der Waals surface area contributed by atoms with E-state index in [2.05, 4.69) is 16.8 Å². The molecule has 10 heteroatoms. The molecule has 28 heavy (non-hydrogen) atoms. The van der Waals surface area contributed by atoms with Crippen LogP contribution in [0, 0.1) is 0 Å². The number of Topliss-reactive ketones (excluding diaryl/α,β-unsaturated/α-hetero) is 1. The molecule has 0 atom stereocenters. The van der Waals surface area contributed by atoms with Crippen LogP contribution in [0.15, 0.2) is 41.3 Å². The van der Waals surface area contributed by atoms with Gasteiger partial charge >= 0.3 is 11.9 Å². The van der Waals surface area contributed by atoms with Crippen molar-refractivity contribution in [2.24, 2.45) is 0 Å². The Morgan fingerprint density at radius 2 is 1.43 bits per heavy atom. The van der Waals surface area contributed by atoms with Gasteiger partial charge < -0.3 is 15.1 Å². The summed E-state index contributed by atoms with van der Waals surface area (Å²) in [6.07, 6.45) is 2.28. The number of benzene rings is 1. The zero-order chi connectivity index (χ0) is 21.3. The maximum atomic E-state index is 12.2. The number of sulfone groups is 1. The van der Waals surface area contributed by atoms with Crippen molar-refractivity contribution in [2.75, 3.05) is 46.0 Å². The molecule has 2 rings (SSSR count). The first-order chi connectivity index (χ1) is 13.0. The number of carbonyl (C=O) groups excluding carboxylic acids is 1. The lowest BCUT2D eigenvalue weighted by atomic mass is 10.1. The summed E-state index contributed by atoms with van der Waals surface area (Å²) in [7, 11) is -1.13. The number of carbonyl (C=O) groups is 3. The van der Waals surface area contributed by atoms with Gasteiger partial charge in [-0.3, -0.25) is 9.69 Å². The van der Waals surface area contributed by atoms with Crippen molar-refractivity contribution in [2.45, 2.75) is 4.90 Å². The van der Waals surface area contributed by atoms with E-state index in [0.717, 1.165) is 32.4 Å². The van der Waals surface area contributed by atoms with Gasteiger partial charge in [0.25, 0.3) is 0 Å². The number of carboxylic acid groups (broad SMARTS) is 2. The number of ketones is 1. The molecule has 0 radical (unpaired) electrons. The molecule has 0 aliphatic carbocycles. The molecule has 1 saturated heterocycles. The van der Waals surface area contributed by atoms with Crippen LogP contribution in [-0.4, -0.2) is 92.2 Å². The molecule has 0 spiro atoms. The fourth-order valence-electron chi connectivity index (χ4n) is 2.33. The quantitative estimate of drug-likeness (QED) is 0.498. The predicted molar refractivity (Wildman–Crippen MR) is 102 cm³/mol. The van der Waals surface area contributed by atoms with E-state index >= 15 is 0 Å². The second-order valence-electron chi connectivity index (χ2n) is 6.31. The largest absolute Gasteiger partial charge is 0.478 e. The van der Waals surface area contributed by atoms with E-state index in [1.807, 2.05) is 0 Å². The number of hydrogen-bond acceptors (Lipinski definition) is 7. The van der Waals surface area contributed by atoms with Gasteiger partial charge in [-0.05, 0) is 19.2 Å². The predicted octanol–water partition coefficient (Wildman–Crippen LogP) is 0.232. The molecule has 0 bridgehead atoms. The summed E-state index contributed by atoms with van der Waals surface area (Å²) >= 11 is 0. The lowest BCUT2D eigenvalue weighted by Crippen LogP contribution is -2.46. The zero-order valence-electron chi connectivity index (χ0n) is 15.7. The number of nitrogens with zero attached hydrogens (tertiary/aromatic N) is 2. The molecule has 0 amide bonds. The van der Waals surface area contributed by atoms with Crippen LogP contribution in [0.3, 0.4) is 0 Å². The van der Waals surface area contributed by atoms with Crippen LogP contribution in [0.4, 0.5) is 0 Å². The van der Waals surface area contributed by atoms with Crippen LogP contribution in [0.1, 0.15) is 10.4 Å². The van der Waals surface area contributed by atoms with Crippen LogP contribution in [0.25, 0.3) is 0 Å². The van der Waals surface area contributed by atoms with Gasteiger partial charge in [0.15, 0.2) is 15.6 Å². The number of rotatable bonds is 6. The van der Waals surface area contributed by atoms with Gasteiger partial charge in [0.2, 0.25) is 0 Å². The first kappa shape index (κ1) is 23.5. The molecule has 1 aromatic carbocycles. The van der Waals surface area contributed by atoms with Crippen LogP contribution in [0.2, 0.25) is 0 Å². The molecule has 2 N–H and O–H groups in total. The lowest BCUT2D eigenvalue weighted by Gasteiger charge is -2.31. The second kappa shape index (κ2) is 10.7. The van der Waals surface area contributed by atoms with E-state index in [0.29, 0.717) is 24.3 Å². The number of aliphatic carboxylic acids is 2. The molecule has 0 unspecified atom stereocenters. The Kier molecular flexibility index (Phi) is 8.97. The Hall–Kier alpha value is -2.56. The zero-order valence-corrected chi connectivity index (χ0v) is 16.6. The molecule has 9 nitrogen and oxygen atoms in total. The molecule has 1 aliphatic rings. The summed E-state index contributed by atoms with van der Waals surface area (Å²) in [5.74, 6) is -2.48. The molecule has 1 aliphatic heterocycles. The van der Waals surface area contributed by atoms with Crippen LogP contribution >= 0.6 is 0 Å². The SMILES string of the molecule is CN1CCN(CC(=O)c2ccc(S(C)(=O)=O)cc2)CC1.O=C(O)/C=C\C(=O)O. The van der Waals surface area contributed by atoms with Crippen molar-refractivity contribution in [3.63, 3.8) is 0 Å². The Morgan fingerprint density at radius 3 is 1.82 bits per heavy atom. The third-order valence-corrected chi connectivity index (χ3v) is 5.06. The fourth-order valence-corrected chi connectivity index (χ4v) is 2.96. The first-order valence-corrected chi connectivity index (χ1v) is 10.3. The van der Waals surface area contributed by atoms with Gasteiger partial charge in [-0.1, -0.05) is 12.1 Å². The average Bonchev–Trinajstić information content (AvgIpc) is 2.62. The monoisotopic (exact) mass is 412 g/mol. The molecule has 154 valence electrons. The molecule has 1 fully saturated rings. The molecule has 0 aromatic heterocycles. The smallest absolute Gasteiger partial charge is 0.328 e. The standard InChI is InChI=1S/C14H20N2O3S.C4H4O4/c1-15-7-9-16(10-8-15)11-14(17)12-3-5-13(6-4-12)20(2,18)19;5-3(6)1-2-4(7)8/h3-6H,7-11H2,1-2H3;1-2H,(H,5,6)(H,7,8)/b;2-1-. The van der Waals surface area contributed by atoms with Crippen molar-refractivity contribution >= 4 is 27.6 Å². The number of carboxylic acids is 2. The van der Waals surface area contributed by atoms with E-state index in [-0.39, 0.29) is 10.7 Å². The summed E-state index contributed by atoms with van der Waals surface area (Å²) in [5.41, 5.74) is 0.566. The lowest BCUT2D eigenvalue weighted by molar-refractivity contribution is -0.134. The Bertz CT molecular complexity index is 808. The fraction of sp³-hybridized carbons (Fsp3) is 0.389. The number of likely N-dealkylation sites (N-methyl/N-ethyl adjacent to an activating group) is 1. The summed E-state index contributed by atoms with van der Waals surface area (Å²) in [6, 6.07) is 6.17. The van der Waals surface area contributed by atoms with Gasteiger partial charge in [-0.15, -0.1) is 0 Å². The van der Waals surface area contributed by atoms with Gasteiger partial charge in [-0.2, -0.15) is 0 Å². The summed E-state index contributed by atoms with van der Waals surface area (Å²) < 4.78 is 22.7.